The Morgan fingerprint density at radius 2 is 1.77 bits per heavy atom. The number of methoxy groups -OCH3 is 2. The van der Waals surface area contributed by atoms with Gasteiger partial charge in [-0.3, -0.25) is 4.99 Å². The van der Waals surface area contributed by atoms with Crippen LogP contribution in [0.1, 0.15) is 5.56 Å². The van der Waals surface area contributed by atoms with Crippen molar-refractivity contribution in [2.45, 2.75) is 13.2 Å². The summed E-state index contributed by atoms with van der Waals surface area (Å²) in [5.74, 6) is 1.77. The Labute approximate surface area is 150 Å². The van der Waals surface area contributed by atoms with Gasteiger partial charge in [-0.2, -0.15) is 8.78 Å². The molecule has 2 rings (SSSR count). The van der Waals surface area contributed by atoms with Crippen LogP contribution < -0.4 is 24.8 Å². The molecule has 140 valence electrons. The lowest BCUT2D eigenvalue weighted by molar-refractivity contribution is -0.0504. The number of aliphatic imine (C=N–C) groups is 1. The van der Waals surface area contributed by atoms with E-state index in [1.165, 1.54) is 6.07 Å². The number of guanidine groups is 1. The van der Waals surface area contributed by atoms with Gasteiger partial charge in [-0.1, -0.05) is 18.2 Å². The average Bonchev–Trinajstić information content (AvgIpc) is 2.65. The highest BCUT2D eigenvalue weighted by atomic mass is 19.3. The predicted molar refractivity (Wildman–Crippen MR) is 96.4 cm³/mol. The molecule has 2 aromatic rings. The zero-order chi connectivity index (χ0) is 18.9. The normalized spacial score (nSPS) is 11.2. The van der Waals surface area contributed by atoms with Crippen LogP contribution in [0.25, 0.3) is 0 Å². The number of anilines is 1. The smallest absolute Gasteiger partial charge is 0.387 e. The van der Waals surface area contributed by atoms with Gasteiger partial charge in [-0.05, 0) is 18.2 Å². The second-order valence-electron chi connectivity index (χ2n) is 5.11. The van der Waals surface area contributed by atoms with Gasteiger partial charge in [0.25, 0.3) is 0 Å². The fraction of sp³-hybridized carbons (Fsp3) is 0.278. The molecule has 0 aliphatic carbocycles. The fourth-order valence-corrected chi connectivity index (χ4v) is 2.27. The molecule has 26 heavy (non-hydrogen) atoms. The molecular weight excluding hydrogens is 344 g/mol. The second kappa shape index (κ2) is 9.45. The van der Waals surface area contributed by atoms with Crippen molar-refractivity contribution in [1.29, 1.82) is 0 Å². The number of ether oxygens (including phenoxy) is 3. The van der Waals surface area contributed by atoms with E-state index in [1.807, 2.05) is 6.07 Å². The molecular formula is C18H21F2N3O3. The summed E-state index contributed by atoms with van der Waals surface area (Å²) in [6.07, 6.45) is 0. The molecule has 0 radical (unpaired) electrons. The topological polar surface area (TPSA) is 64.1 Å². The molecule has 0 aromatic heterocycles. The maximum absolute atomic E-state index is 12.5. The molecule has 0 spiro atoms. The van der Waals surface area contributed by atoms with Crippen LogP contribution in [0, 0.1) is 0 Å². The van der Waals surface area contributed by atoms with Gasteiger partial charge >= 0.3 is 6.61 Å². The van der Waals surface area contributed by atoms with Crippen molar-refractivity contribution in [3.63, 3.8) is 0 Å². The Balaban J connectivity index is 2.05. The number of rotatable bonds is 7. The Morgan fingerprint density at radius 1 is 1.04 bits per heavy atom. The number of para-hydroxylation sites is 1. The summed E-state index contributed by atoms with van der Waals surface area (Å²) < 4.78 is 40.0. The molecule has 0 saturated heterocycles. The largest absolute Gasteiger partial charge is 0.493 e. The molecule has 0 saturated carbocycles. The van der Waals surface area contributed by atoms with Gasteiger partial charge in [0.1, 0.15) is 5.75 Å². The lowest BCUT2D eigenvalue weighted by Crippen LogP contribution is -2.30. The molecule has 0 bridgehead atoms. The van der Waals surface area contributed by atoms with Crippen LogP contribution in [0.3, 0.4) is 0 Å². The number of hydrogen-bond donors (Lipinski definition) is 2. The minimum Gasteiger partial charge on any atom is -0.493 e. The van der Waals surface area contributed by atoms with E-state index in [-0.39, 0.29) is 12.3 Å². The van der Waals surface area contributed by atoms with Crippen molar-refractivity contribution in [3.8, 4) is 17.2 Å². The van der Waals surface area contributed by atoms with E-state index in [9.17, 15) is 8.78 Å². The maximum atomic E-state index is 12.5. The summed E-state index contributed by atoms with van der Waals surface area (Å²) in [5.41, 5.74) is 1.32. The second-order valence-corrected chi connectivity index (χ2v) is 5.11. The van der Waals surface area contributed by atoms with Crippen LogP contribution in [0.2, 0.25) is 0 Å². The average molecular weight is 365 g/mol. The van der Waals surface area contributed by atoms with Gasteiger partial charge in [0.05, 0.1) is 14.2 Å². The van der Waals surface area contributed by atoms with Gasteiger partial charge in [-0.15, -0.1) is 0 Å². The van der Waals surface area contributed by atoms with E-state index in [4.69, 9.17) is 9.47 Å². The predicted octanol–water partition coefficient (Wildman–Crippen LogP) is 3.49. The molecule has 2 N–H and O–H groups in total. The van der Waals surface area contributed by atoms with Crippen LogP contribution in [0.5, 0.6) is 17.2 Å². The van der Waals surface area contributed by atoms with Crippen LogP contribution in [-0.4, -0.2) is 33.8 Å². The van der Waals surface area contributed by atoms with E-state index in [0.717, 1.165) is 5.69 Å². The van der Waals surface area contributed by atoms with E-state index in [2.05, 4.69) is 20.4 Å². The van der Waals surface area contributed by atoms with E-state index >= 15 is 0 Å². The number of hydrogen-bond acceptors (Lipinski definition) is 4. The van der Waals surface area contributed by atoms with Crippen LogP contribution >= 0.6 is 0 Å². The van der Waals surface area contributed by atoms with Crippen molar-refractivity contribution >= 4 is 11.6 Å². The highest BCUT2D eigenvalue weighted by Gasteiger charge is 2.10. The summed E-state index contributed by atoms with van der Waals surface area (Å²) in [4.78, 5) is 4.12. The molecule has 0 aliphatic rings. The van der Waals surface area contributed by atoms with E-state index in [0.29, 0.717) is 23.0 Å². The molecule has 8 heteroatoms. The fourth-order valence-electron chi connectivity index (χ4n) is 2.27. The Bertz CT molecular complexity index is 754. The SMILES string of the molecule is CN=C(NCc1ccccc1OC(F)F)Nc1ccc(OC)c(OC)c1. The number of alkyl halides is 2. The van der Waals surface area contributed by atoms with Crippen LogP contribution in [0.15, 0.2) is 47.5 Å². The Kier molecular flexibility index (Phi) is 7.02. The van der Waals surface area contributed by atoms with Gasteiger partial charge in [0, 0.05) is 30.9 Å². The number of benzene rings is 2. The van der Waals surface area contributed by atoms with E-state index < -0.39 is 6.61 Å². The van der Waals surface area contributed by atoms with Gasteiger partial charge in [0.15, 0.2) is 17.5 Å². The van der Waals surface area contributed by atoms with Crippen molar-refractivity contribution in [2.24, 2.45) is 4.99 Å². The first kappa shape index (κ1) is 19.3. The third-order valence-electron chi connectivity index (χ3n) is 3.50. The van der Waals surface area contributed by atoms with Crippen molar-refractivity contribution < 1.29 is 23.0 Å². The molecule has 0 unspecified atom stereocenters. The summed E-state index contributed by atoms with van der Waals surface area (Å²) in [6.45, 7) is -2.61. The maximum Gasteiger partial charge on any atom is 0.387 e. The van der Waals surface area contributed by atoms with Gasteiger partial charge in [-0.25, -0.2) is 0 Å². The lowest BCUT2D eigenvalue weighted by Gasteiger charge is -2.15. The molecule has 0 aliphatic heterocycles. The monoisotopic (exact) mass is 365 g/mol. The summed E-state index contributed by atoms with van der Waals surface area (Å²) in [7, 11) is 4.72. The molecule has 0 atom stereocenters. The Hall–Kier alpha value is -3.03. The number of nitrogens with zero attached hydrogens (tertiary/aromatic N) is 1. The summed E-state index contributed by atoms with van der Waals surface area (Å²) in [5, 5.41) is 6.16. The summed E-state index contributed by atoms with van der Waals surface area (Å²) in [6, 6.07) is 11.9. The van der Waals surface area contributed by atoms with Gasteiger partial charge < -0.3 is 24.8 Å². The summed E-state index contributed by atoms with van der Waals surface area (Å²) >= 11 is 0. The van der Waals surface area contributed by atoms with Crippen molar-refractivity contribution in [1.82, 2.24) is 5.32 Å². The number of halogens is 2. The zero-order valence-electron chi connectivity index (χ0n) is 14.8. The first-order valence-electron chi connectivity index (χ1n) is 7.79. The minimum atomic E-state index is -2.87. The molecule has 2 aromatic carbocycles. The number of nitrogens with one attached hydrogen (secondary N) is 2. The van der Waals surface area contributed by atoms with Crippen LogP contribution in [-0.2, 0) is 6.54 Å². The molecule has 6 nitrogen and oxygen atoms in total. The van der Waals surface area contributed by atoms with Gasteiger partial charge in [0.2, 0.25) is 0 Å². The zero-order valence-corrected chi connectivity index (χ0v) is 14.8. The van der Waals surface area contributed by atoms with E-state index in [1.54, 1.807) is 51.6 Å². The van der Waals surface area contributed by atoms with Crippen molar-refractivity contribution in [2.75, 3.05) is 26.6 Å². The van der Waals surface area contributed by atoms with Crippen LogP contribution in [0.4, 0.5) is 14.5 Å². The van der Waals surface area contributed by atoms with Crippen molar-refractivity contribution in [3.05, 3.63) is 48.0 Å². The lowest BCUT2D eigenvalue weighted by atomic mass is 10.2. The molecule has 0 fully saturated rings. The highest BCUT2D eigenvalue weighted by molar-refractivity contribution is 5.93. The Morgan fingerprint density at radius 3 is 2.42 bits per heavy atom. The first-order chi connectivity index (χ1) is 12.6. The molecule has 0 amide bonds. The third-order valence-corrected chi connectivity index (χ3v) is 3.50. The minimum absolute atomic E-state index is 0.122. The standard InChI is InChI=1S/C18H21F2N3O3/c1-21-18(23-13-8-9-15(24-2)16(10-13)25-3)22-11-12-6-4-5-7-14(12)26-17(19)20/h4-10,17H,11H2,1-3H3,(H2,21,22,23). The quantitative estimate of drug-likeness (QED) is 0.581. The third kappa shape index (κ3) is 5.23. The molecule has 0 heterocycles. The highest BCUT2D eigenvalue weighted by Crippen LogP contribution is 2.29. The first-order valence-corrected chi connectivity index (χ1v) is 7.79.